The number of rotatable bonds is 9. The van der Waals surface area contributed by atoms with Crippen LogP contribution in [-0.2, 0) is 19.4 Å². The van der Waals surface area contributed by atoms with Crippen molar-refractivity contribution < 1.29 is 0 Å². The number of aryl methyl sites for hydroxylation is 2. The summed E-state index contributed by atoms with van der Waals surface area (Å²) in [6.07, 6.45) is 10.2. The van der Waals surface area contributed by atoms with Gasteiger partial charge in [0.05, 0.1) is 5.39 Å². The van der Waals surface area contributed by atoms with Crippen LogP contribution in [0.3, 0.4) is 0 Å². The van der Waals surface area contributed by atoms with Gasteiger partial charge in [-0.05, 0) is 54.0 Å². The van der Waals surface area contributed by atoms with Crippen LogP contribution in [0.25, 0.3) is 11.0 Å². The second kappa shape index (κ2) is 11.5. The van der Waals surface area contributed by atoms with Crippen LogP contribution in [0.1, 0.15) is 41.0 Å². The normalized spacial score (nSPS) is 15.9. The molecule has 1 saturated heterocycles. The van der Waals surface area contributed by atoms with Crippen LogP contribution in [0, 0.1) is 0 Å². The number of allylic oxidation sites excluding steroid dienone is 1. The molecule has 2 aromatic heterocycles. The molecule has 6 nitrogen and oxygen atoms in total. The number of anilines is 2. The number of piperidine rings is 1. The van der Waals surface area contributed by atoms with Crippen LogP contribution in [0.5, 0.6) is 0 Å². The van der Waals surface area contributed by atoms with E-state index in [1.54, 1.807) is 0 Å². The van der Waals surface area contributed by atoms with Gasteiger partial charge in [-0.2, -0.15) is 9.97 Å². The lowest BCUT2D eigenvalue weighted by atomic mass is 9.87. The van der Waals surface area contributed by atoms with Gasteiger partial charge in [-0.25, -0.2) is 0 Å². The average molecular weight is 519 g/mol. The third kappa shape index (κ3) is 5.21. The van der Waals surface area contributed by atoms with E-state index in [-0.39, 0.29) is 0 Å². The molecule has 3 heterocycles. The van der Waals surface area contributed by atoms with Crippen LogP contribution in [0.15, 0.2) is 86.1 Å². The summed E-state index contributed by atoms with van der Waals surface area (Å²) in [7, 11) is 0. The summed E-state index contributed by atoms with van der Waals surface area (Å²) in [4.78, 5) is 12.3. The largest absolute Gasteiger partial charge is 0.366 e. The molecule has 1 aliphatic heterocycles. The van der Waals surface area contributed by atoms with Gasteiger partial charge in [0.25, 0.3) is 0 Å². The number of benzene rings is 2. The van der Waals surface area contributed by atoms with Gasteiger partial charge in [-0.15, -0.1) is 13.2 Å². The Bertz CT molecular complexity index is 1410. The molecule has 2 N–H and O–H groups in total. The van der Waals surface area contributed by atoms with Crippen molar-refractivity contribution in [3.05, 3.63) is 108 Å². The number of fused-ring (bicyclic) bond motifs is 3. The van der Waals surface area contributed by atoms with Crippen molar-refractivity contribution in [1.29, 1.82) is 0 Å². The van der Waals surface area contributed by atoms with E-state index in [4.69, 9.17) is 9.97 Å². The van der Waals surface area contributed by atoms with Gasteiger partial charge >= 0.3 is 0 Å². The molecule has 0 radical (unpaired) electrons. The lowest BCUT2D eigenvalue weighted by Crippen LogP contribution is -2.44. The van der Waals surface area contributed by atoms with Crippen molar-refractivity contribution >= 4 is 22.8 Å². The summed E-state index contributed by atoms with van der Waals surface area (Å²) in [6, 6.07) is 20.6. The Balaban J connectivity index is 1.16. The van der Waals surface area contributed by atoms with E-state index >= 15 is 0 Å². The Hall–Kier alpha value is -3.90. The number of nitrogens with one attached hydrogen (secondary N) is 2. The maximum Gasteiger partial charge on any atom is 0.229 e. The predicted octanol–water partition coefficient (Wildman–Crippen LogP) is 5.70. The van der Waals surface area contributed by atoms with E-state index < -0.39 is 0 Å². The van der Waals surface area contributed by atoms with E-state index in [1.165, 1.54) is 22.3 Å². The lowest BCUT2D eigenvalue weighted by molar-refractivity contribution is 0.407. The highest BCUT2D eigenvalue weighted by Gasteiger charge is 2.26. The van der Waals surface area contributed by atoms with Crippen molar-refractivity contribution in [2.45, 2.75) is 44.2 Å². The molecule has 0 spiro atoms. The average Bonchev–Trinajstić information content (AvgIpc) is 3.31. The number of aromatic nitrogens is 3. The first kappa shape index (κ1) is 25.4. The molecular weight excluding hydrogens is 480 g/mol. The van der Waals surface area contributed by atoms with Crippen LogP contribution < -0.4 is 15.5 Å². The third-order valence-corrected chi connectivity index (χ3v) is 8.26. The Labute approximate surface area is 231 Å². The van der Waals surface area contributed by atoms with Gasteiger partial charge in [0.1, 0.15) is 11.5 Å². The van der Waals surface area contributed by atoms with E-state index in [2.05, 4.69) is 94.1 Å². The van der Waals surface area contributed by atoms with Gasteiger partial charge in [0.15, 0.2) is 0 Å². The number of hydrogen-bond donors (Lipinski definition) is 2. The predicted molar refractivity (Wildman–Crippen MR) is 162 cm³/mol. The fraction of sp³-hybridized carbons (Fsp3) is 0.333. The van der Waals surface area contributed by atoms with Crippen LogP contribution in [0.2, 0.25) is 0 Å². The molecule has 1 aliphatic carbocycles. The summed E-state index contributed by atoms with van der Waals surface area (Å²) in [6.45, 7) is 12.0. The van der Waals surface area contributed by atoms with E-state index in [0.717, 1.165) is 74.7 Å². The SMILES string of the molecule is C=CCNc1nc(N2CCC(NCC3c4ccccc4CCc4ccccc43)CC2)nc2c1ccn2CC=C. The topological polar surface area (TPSA) is 58.0 Å². The molecule has 6 heteroatoms. The Morgan fingerprint density at radius 1 is 0.872 bits per heavy atom. The maximum atomic E-state index is 4.99. The Morgan fingerprint density at radius 2 is 1.56 bits per heavy atom. The van der Waals surface area contributed by atoms with Crippen molar-refractivity contribution in [3.63, 3.8) is 0 Å². The molecule has 1 fully saturated rings. The van der Waals surface area contributed by atoms with Gasteiger partial charge in [-0.1, -0.05) is 60.7 Å². The second-order valence-corrected chi connectivity index (χ2v) is 10.7. The standard InChI is InChI=1S/C33H38N6/c1-3-18-34-31-29-17-22-38(19-4-2)32(29)37-33(36-31)39-20-15-26(16-21-39)35-23-30-27-11-7-5-9-24(27)13-14-25-10-6-8-12-28(25)30/h3-12,17,22,26,30,35H,1-2,13-16,18-21,23H2,(H,34,36,37). The minimum absolute atomic E-state index is 0.389. The van der Waals surface area contributed by atoms with Crippen LogP contribution in [-0.4, -0.2) is 46.8 Å². The smallest absolute Gasteiger partial charge is 0.229 e. The zero-order valence-electron chi connectivity index (χ0n) is 22.6. The Morgan fingerprint density at radius 3 is 2.23 bits per heavy atom. The second-order valence-electron chi connectivity index (χ2n) is 10.7. The van der Waals surface area contributed by atoms with Gasteiger partial charge in [0, 0.05) is 50.9 Å². The minimum atomic E-state index is 0.389. The highest BCUT2D eigenvalue weighted by molar-refractivity contribution is 5.88. The van der Waals surface area contributed by atoms with Crippen molar-refractivity contribution in [3.8, 4) is 0 Å². The highest BCUT2D eigenvalue weighted by Crippen LogP contribution is 2.34. The van der Waals surface area contributed by atoms with E-state index in [9.17, 15) is 0 Å². The molecule has 200 valence electrons. The first-order chi connectivity index (χ1) is 19.2. The van der Waals surface area contributed by atoms with E-state index in [1.807, 2.05) is 12.2 Å². The molecule has 0 unspecified atom stereocenters. The fourth-order valence-corrected chi connectivity index (χ4v) is 6.21. The summed E-state index contributed by atoms with van der Waals surface area (Å²) < 4.78 is 2.13. The zero-order chi connectivity index (χ0) is 26.6. The van der Waals surface area contributed by atoms with Gasteiger partial charge in [0.2, 0.25) is 5.95 Å². The molecular formula is C33H38N6. The van der Waals surface area contributed by atoms with Crippen LogP contribution in [0.4, 0.5) is 11.8 Å². The molecule has 4 aromatic rings. The first-order valence-corrected chi connectivity index (χ1v) is 14.2. The number of nitrogens with zero attached hydrogens (tertiary/aromatic N) is 4. The van der Waals surface area contributed by atoms with Gasteiger partial charge < -0.3 is 20.1 Å². The van der Waals surface area contributed by atoms with Crippen molar-refractivity contribution in [2.75, 3.05) is 36.4 Å². The summed E-state index contributed by atoms with van der Waals surface area (Å²) in [5.74, 6) is 2.05. The quantitative estimate of drug-likeness (QED) is 0.278. The van der Waals surface area contributed by atoms with Crippen LogP contribution >= 0.6 is 0 Å². The highest BCUT2D eigenvalue weighted by atomic mass is 15.3. The molecule has 2 aromatic carbocycles. The molecule has 39 heavy (non-hydrogen) atoms. The van der Waals surface area contributed by atoms with Crippen molar-refractivity contribution in [2.24, 2.45) is 0 Å². The summed E-state index contributed by atoms with van der Waals surface area (Å²) in [5, 5.41) is 8.40. The lowest BCUT2D eigenvalue weighted by Gasteiger charge is -2.34. The molecule has 0 amide bonds. The van der Waals surface area contributed by atoms with E-state index in [0.29, 0.717) is 18.5 Å². The Kier molecular flexibility index (Phi) is 7.46. The molecule has 2 aliphatic rings. The summed E-state index contributed by atoms with van der Waals surface area (Å²) in [5.41, 5.74) is 6.89. The molecule has 0 atom stereocenters. The first-order valence-electron chi connectivity index (χ1n) is 14.2. The molecule has 6 rings (SSSR count). The fourth-order valence-electron chi connectivity index (χ4n) is 6.21. The van der Waals surface area contributed by atoms with Gasteiger partial charge in [-0.3, -0.25) is 0 Å². The maximum absolute atomic E-state index is 4.99. The van der Waals surface area contributed by atoms with Crippen molar-refractivity contribution in [1.82, 2.24) is 19.9 Å². The zero-order valence-corrected chi connectivity index (χ0v) is 22.6. The monoisotopic (exact) mass is 518 g/mol. The third-order valence-electron chi connectivity index (χ3n) is 8.26. The molecule has 0 bridgehead atoms. The minimum Gasteiger partial charge on any atom is -0.366 e. The molecule has 0 saturated carbocycles. The number of hydrogen-bond acceptors (Lipinski definition) is 5. The summed E-state index contributed by atoms with van der Waals surface area (Å²) >= 11 is 0.